The molecule has 2 N–H and O–H groups in total. The number of carboxylic acid groups (broad SMARTS) is 1. The van der Waals surface area contributed by atoms with Gasteiger partial charge < -0.3 is 15.2 Å². The van der Waals surface area contributed by atoms with Crippen LogP contribution in [0.25, 0.3) is 0 Å². The van der Waals surface area contributed by atoms with Crippen molar-refractivity contribution in [3.8, 4) is 5.75 Å². The summed E-state index contributed by atoms with van der Waals surface area (Å²) in [6.07, 6.45) is 0.677. The quantitative estimate of drug-likeness (QED) is 0.786. The first-order valence-corrected chi connectivity index (χ1v) is 6.24. The van der Waals surface area contributed by atoms with Gasteiger partial charge in [-0.3, -0.25) is 4.79 Å². The van der Waals surface area contributed by atoms with Crippen LogP contribution >= 0.6 is 0 Å². The van der Waals surface area contributed by atoms with Gasteiger partial charge in [0.15, 0.2) is 6.61 Å². The molecular formula is C14H19NO4. The molecule has 0 saturated carbocycles. The number of hydrogen-bond donors (Lipinski definition) is 2. The van der Waals surface area contributed by atoms with E-state index in [1.165, 1.54) is 0 Å². The van der Waals surface area contributed by atoms with Crippen LogP contribution in [0.4, 0.5) is 0 Å². The minimum Gasteiger partial charge on any atom is -0.484 e. The smallest absolute Gasteiger partial charge is 0.326 e. The van der Waals surface area contributed by atoms with Crippen LogP contribution in [0.2, 0.25) is 0 Å². The van der Waals surface area contributed by atoms with Gasteiger partial charge in [-0.05, 0) is 18.1 Å². The van der Waals surface area contributed by atoms with Crippen LogP contribution in [0.15, 0.2) is 30.3 Å². The molecule has 104 valence electrons. The molecule has 0 saturated heterocycles. The summed E-state index contributed by atoms with van der Waals surface area (Å²) in [5.41, 5.74) is 0. The van der Waals surface area contributed by atoms with E-state index in [1.807, 2.05) is 13.0 Å². The van der Waals surface area contributed by atoms with E-state index in [0.717, 1.165) is 0 Å². The number of carboxylic acids is 1. The average Bonchev–Trinajstić information content (AvgIpc) is 2.42. The molecule has 0 bridgehead atoms. The Morgan fingerprint density at radius 1 is 1.32 bits per heavy atom. The summed E-state index contributed by atoms with van der Waals surface area (Å²) in [4.78, 5) is 22.7. The number of nitrogens with one attached hydrogen (secondary N) is 1. The summed E-state index contributed by atoms with van der Waals surface area (Å²) in [6, 6.07) is 8.03. The number of ether oxygens (including phenoxy) is 1. The Morgan fingerprint density at radius 2 is 1.95 bits per heavy atom. The summed E-state index contributed by atoms with van der Waals surface area (Å²) >= 11 is 0. The molecule has 1 aromatic rings. The highest BCUT2D eigenvalue weighted by atomic mass is 16.5. The zero-order valence-corrected chi connectivity index (χ0v) is 11.1. The molecule has 0 aliphatic rings. The van der Waals surface area contributed by atoms with E-state index < -0.39 is 17.9 Å². The van der Waals surface area contributed by atoms with Crippen molar-refractivity contribution in [2.45, 2.75) is 26.3 Å². The highest BCUT2D eigenvalue weighted by Crippen LogP contribution is 2.09. The molecule has 1 amide bonds. The lowest BCUT2D eigenvalue weighted by Crippen LogP contribution is -2.46. The summed E-state index contributed by atoms with van der Waals surface area (Å²) in [6.45, 7) is 3.48. The maximum absolute atomic E-state index is 11.7. The molecule has 0 heterocycles. The summed E-state index contributed by atoms with van der Waals surface area (Å²) in [5, 5.41) is 11.5. The van der Waals surface area contributed by atoms with Gasteiger partial charge in [0.2, 0.25) is 0 Å². The van der Waals surface area contributed by atoms with Crippen molar-refractivity contribution in [2.75, 3.05) is 6.61 Å². The van der Waals surface area contributed by atoms with E-state index in [9.17, 15) is 9.59 Å². The fourth-order valence-corrected chi connectivity index (χ4v) is 1.56. The molecule has 0 radical (unpaired) electrons. The Labute approximate surface area is 112 Å². The summed E-state index contributed by atoms with van der Waals surface area (Å²) < 4.78 is 5.26. The maximum Gasteiger partial charge on any atom is 0.326 e. The number of carbonyl (C=O) groups excluding carboxylic acids is 1. The van der Waals surface area contributed by atoms with E-state index in [0.29, 0.717) is 12.2 Å². The largest absolute Gasteiger partial charge is 0.484 e. The normalized spacial score (nSPS) is 13.4. The average molecular weight is 265 g/mol. The van der Waals surface area contributed by atoms with Crippen LogP contribution in [0.1, 0.15) is 20.3 Å². The second-order valence-electron chi connectivity index (χ2n) is 4.37. The van der Waals surface area contributed by atoms with Gasteiger partial charge in [0.1, 0.15) is 11.8 Å². The molecule has 19 heavy (non-hydrogen) atoms. The molecule has 1 aromatic carbocycles. The van der Waals surface area contributed by atoms with Crippen LogP contribution in [0.3, 0.4) is 0 Å². The van der Waals surface area contributed by atoms with Gasteiger partial charge in [-0.2, -0.15) is 0 Å². The lowest BCUT2D eigenvalue weighted by Gasteiger charge is -2.20. The summed E-state index contributed by atoms with van der Waals surface area (Å²) in [5.74, 6) is -1.01. The van der Waals surface area contributed by atoms with Gasteiger partial charge in [0, 0.05) is 0 Å². The highest BCUT2D eigenvalue weighted by molar-refractivity contribution is 5.84. The van der Waals surface area contributed by atoms with E-state index in [4.69, 9.17) is 9.84 Å². The van der Waals surface area contributed by atoms with E-state index in [-0.39, 0.29) is 12.5 Å². The highest BCUT2D eigenvalue weighted by Gasteiger charge is 2.25. The van der Waals surface area contributed by atoms with Crippen molar-refractivity contribution < 1.29 is 19.4 Å². The fraction of sp³-hybridized carbons (Fsp3) is 0.429. The Morgan fingerprint density at radius 3 is 2.47 bits per heavy atom. The van der Waals surface area contributed by atoms with Crippen LogP contribution < -0.4 is 10.1 Å². The van der Waals surface area contributed by atoms with Crippen LogP contribution in [0.5, 0.6) is 5.75 Å². The molecule has 0 aliphatic heterocycles. The Balaban J connectivity index is 2.47. The predicted molar refractivity (Wildman–Crippen MR) is 71.0 cm³/mol. The van der Waals surface area contributed by atoms with Crippen LogP contribution in [-0.2, 0) is 9.59 Å². The lowest BCUT2D eigenvalue weighted by molar-refractivity contribution is -0.143. The minimum atomic E-state index is -1.03. The predicted octanol–water partition coefficient (Wildman–Crippen LogP) is 1.68. The molecule has 0 aliphatic carbocycles. The third-order valence-electron chi connectivity index (χ3n) is 2.91. The van der Waals surface area contributed by atoms with Gasteiger partial charge in [-0.1, -0.05) is 38.5 Å². The topological polar surface area (TPSA) is 75.6 Å². The number of aliphatic carboxylic acids is 1. The fourth-order valence-electron chi connectivity index (χ4n) is 1.56. The second-order valence-corrected chi connectivity index (χ2v) is 4.37. The molecule has 5 nitrogen and oxygen atoms in total. The van der Waals surface area contributed by atoms with Gasteiger partial charge in [-0.25, -0.2) is 4.79 Å². The summed E-state index contributed by atoms with van der Waals surface area (Å²) in [7, 11) is 0. The number of carbonyl (C=O) groups is 2. The first kappa shape index (κ1) is 15.0. The lowest BCUT2D eigenvalue weighted by atomic mass is 9.99. The molecule has 0 spiro atoms. The first-order valence-electron chi connectivity index (χ1n) is 6.24. The third-order valence-corrected chi connectivity index (χ3v) is 2.91. The zero-order valence-electron chi connectivity index (χ0n) is 11.1. The molecule has 5 heteroatoms. The zero-order chi connectivity index (χ0) is 14.3. The van der Waals surface area contributed by atoms with E-state index in [2.05, 4.69) is 5.32 Å². The number of para-hydroxylation sites is 1. The monoisotopic (exact) mass is 265 g/mol. The number of hydrogen-bond acceptors (Lipinski definition) is 3. The van der Waals surface area contributed by atoms with Crippen molar-refractivity contribution in [3.63, 3.8) is 0 Å². The molecule has 1 rings (SSSR count). The van der Waals surface area contributed by atoms with Gasteiger partial charge in [-0.15, -0.1) is 0 Å². The SMILES string of the molecule is CC[C@H](C)[C@H](NC(=O)COc1ccccc1)C(=O)O. The van der Waals surface area contributed by atoms with Crippen molar-refractivity contribution in [1.29, 1.82) is 0 Å². The molecule has 0 fully saturated rings. The van der Waals surface area contributed by atoms with E-state index >= 15 is 0 Å². The van der Waals surface area contributed by atoms with Crippen molar-refractivity contribution in [1.82, 2.24) is 5.32 Å². The molecule has 0 aromatic heterocycles. The second kappa shape index (κ2) is 7.41. The molecule has 0 unspecified atom stereocenters. The Kier molecular flexibility index (Phi) is 5.85. The van der Waals surface area contributed by atoms with E-state index in [1.54, 1.807) is 31.2 Å². The molecular weight excluding hydrogens is 246 g/mol. The first-order chi connectivity index (χ1) is 9.04. The van der Waals surface area contributed by atoms with Crippen molar-refractivity contribution in [3.05, 3.63) is 30.3 Å². The van der Waals surface area contributed by atoms with Gasteiger partial charge >= 0.3 is 5.97 Å². The Hall–Kier alpha value is -2.04. The van der Waals surface area contributed by atoms with Gasteiger partial charge in [0.05, 0.1) is 0 Å². The van der Waals surface area contributed by atoms with Crippen molar-refractivity contribution in [2.24, 2.45) is 5.92 Å². The third kappa shape index (κ3) is 4.99. The maximum atomic E-state index is 11.7. The van der Waals surface area contributed by atoms with Crippen LogP contribution in [-0.4, -0.2) is 29.6 Å². The minimum absolute atomic E-state index is 0.127. The van der Waals surface area contributed by atoms with Gasteiger partial charge in [0.25, 0.3) is 5.91 Å². The standard InChI is InChI=1S/C14H19NO4/c1-3-10(2)13(14(17)18)15-12(16)9-19-11-7-5-4-6-8-11/h4-8,10,13H,3,9H2,1-2H3,(H,15,16)(H,17,18)/t10-,13-/m0/s1. The Bertz CT molecular complexity index is 419. The van der Waals surface area contributed by atoms with Crippen LogP contribution in [0, 0.1) is 5.92 Å². The number of rotatable bonds is 7. The number of benzene rings is 1. The number of amides is 1. The molecule has 2 atom stereocenters. The van der Waals surface area contributed by atoms with Crippen molar-refractivity contribution >= 4 is 11.9 Å².